The third-order valence-electron chi connectivity index (χ3n) is 2.53. The molecule has 0 saturated heterocycles. The van der Waals surface area contributed by atoms with E-state index >= 15 is 0 Å². The zero-order chi connectivity index (χ0) is 13.1. The van der Waals surface area contributed by atoms with E-state index in [1.165, 1.54) is 11.3 Å². The third kappa shape index (κ3) is 2.25. The first-order valence-electron chi connectivity index (χ1n) is 5.17. The number of hydrazine groups is 1. The zero-order valence-electron chi connectivity index (χ0n) is 9.67. The summed E-state index contributed by atoms with van der Waals surface area (Å²) in [6.07, 6.45) is 3.31. The first kappa shape index (κ1) is 12.3. The van der Waals surface area contributed by atoms with Crippen LogP contribution in [0.3, 0.4) is 0 Å². The lowest BCUT2D eigenvalue weighted by Crippen LogP contribution is -2.29. The van der Waals surface area contributed by atoms with Crippen molar-refractivity contribution in [2.24, 2.45) is 5.84 Å². The molecule has 0 aliphatic rings. The topological polar surface area (TPSA) is 96.7 Å². The monoisotopic (exact) mass is 261 g/mol. The van der Waals surface area contributed by atoms with Crippen LogP contribution < -0.4 is 11.3 Å². The maximum absolute atomic E-state index is 11.4. The Morgan fingerprint density at radius 1 is 1.72 bits per heavy atom. The van der Waals surface area contributed by atoms with E-state index in [-0.39, 0.29) is 5.91 Å². The number of aryl methyl sites for hydroxylation is 1. The van der Waals surface area contributed by atoms with Crippen molar-refractivity contribution >= 4 is 17.2 Å². The molecule has 1 amide bonds. The summed E-state index contributed by atoms with van der Waals surface area (Å²) in [5.41, 5.74) is 3.08. The molecule has 18 heavy (non-hydrogen) atoms. The number of nitrogens with zero attached hydrogens (tertiary/aromatic N) is 3. The van der Waals surface area contributed by atoms with Crippen LogP contribution in [0.5, 0.6) is 0 Å². The summed E-state index contributed by atoms with van der Waals surface area (Å²) in [4.78, 5) is 16.9. The van der Waals surface area contributed by atoms with Crippen LogP contribution in [0.25, 0.3) is 0 Å². The van der Waals surface area contributed by atoms with Crippen molar-refractivity contribution in [3.05, 3.63) is 39.6 Å². The summed E-state index contributed by atoms with van der Waals surface area (Å²) >= 11 is 1.37. The molecular weight excluding hydrogens is 250 g/mol. The molecule has 0 aliphatic heterocycles. The smallest absolute Gasteiger partial charge is 0.275 e. The number of hydrogen-bond donors (Lipinski definition) is 2. The van der Waals surface area contributed by atoms with Gasteiger partial charge in [0.15, 0.2) is 0 Å². The van der Waals surface area contributed by atoms with Crippen molar-refractivity contribution in [3.8, 4) is 6.07 Å². The van der Waals surface area contributed by atoms with Crippen molar-refractivity contribution < 1.29 is 4.79 Å². The van der Waals surface area contributed by atoms with E-state index in [4.69, 9.17) is 11.1 Å². The van der Waals surface area contributed by atoms with Gasteiger partial charge in [-0.3, -0.25) is 10.2 Å². The Hall–Kier alpha value is -2.17. The van der Waals surface area contributed by atoms with Gasteiger partial charge in [0.2, 0.25) is 5.82 Å². The lowest BCUT2D eigenvalue weighted by molar-refractivity contribution is 0.0957. The van der Waals surface area contributed by atoms with E-state index in [0.29, 0.717) is 17.2 Å². The molecule has 3 N–H and O–H groups in total. The minimum Gasteiger partial charge on any atom is -0.318 e. The summed E-state index contributed by atoms with van der Waals surface area (Å²) < 4.78 is 1.74. The number of nitrogens with one attached hydrogen (secondary N) is 1. The highest BCUT2D eigenvalue weighted by Crippen LogP contribution is 2.22. The fourth-order valence-electron chi connectivity index (χ4n) is 1.59. The van der Waals surface area contributed by atoms with E-state index in [2.05, 4.69) is 10.4 Å². The Balaban J connectivity index is 2.28. The minimum atomic E-state index is -0.305. The highest BCUT2D eigenvalue weighted by Gasteiger charge is 2.12. The Morgan fingerprint density at radius 2 is 2.50 bits per heavy atom. The molecule has 0 aromatic carbocycles. The van der Waals surface area contributed by atoms with E-state index in [1.54, 1.807) is 23.0 Å². The van der Waals surface area contributed by atoms with Crippen molar-refractivity contribution in [1.29, 1.82) is 5.26 Å². The van der Waals surface area contributed by atoms with Crippen LogP contribution in [0.1, 0.15) is 25.9 Å². The van der Waals surface area contributed by atoms with E-state index < -0.39 is 0 Å². The lowest BCUT2D eigenvalue weighted by Gasteiger charge is -2.02. The summed E-state index contributed by atoms with van der Waals surface area (Å²) in [5, 5.41) is 8.87. The summed E-state index contributed by atoms with van der Waals surface area (Å²) in [5.74, 6) is 5.14. The predicted octanol–water partition coefficient (Wildman–Crippen LogP) is 0.776. The maximum atomic E-state index is 11.4. The minimum absolute atomic E-state index is 0.305. The molecule has 2 aromatic rings. The second kappa shape index (κ2) is 5.00. The predicted molar refractivity (Wildman–Crippen MR) is 66.8 cm³/mol. The van der Waals surface area contributed by atoms with Gasteiger partial charge in [0.1, 0.15) is 6.07 Å². The summed E-state index contributed by atoms with van der Waals surface area (Å²) in [6, 6.07) is 3.79. The standard InChI is InChI=1S/C11H11N5OS/c1-7-8(4-9(18-7)11(17)15-13)6-16-3-2-14-10(16)5-12/h2-4H,6,13H2,1H3,(H,15,17). The number of hydrogen-bond acceptors (Lipinski definition) is 5. The molecule has 0 aliphatic carbocycles. The first-order valence-corrected chi connectivity index (χ1v) is 5.99. The molecule has 6 nitrogen and oxygen atoms in total. The molecule has 2 aromatic heterocycles. The fourth-order valence-corrected chi connectivity index (χ4v) is 2.53. The van der Waals surface area contributed by atoms with Gasteiger partial charge in [-0.1, -0.05) is 0 Å². The lowest BCUT2D eigenvalue weighted by atomic mass is 10.2. The van der Waals surface area contributed by atoms with Gasteiger partial charge in [0.25, 0.3) is 5.91 Å². The molecule has 92 valence electrons. The van der Waals surface area contributed by atoms with Gasteiger partial charge in [-0.05, 0) is 18.6 Å². The second-order valence-electron chi connectivity index (χ2n) is 3.66. The first-order chi connectivity index (χ1) is 8.65. The maximum Gasteiger partial charge on any atom is 0.275 e. The Morgan fingerprint density at radius 3 is 3.17 bits per heavy atom. The fraction of sp³-hybridized carbons (Fsp3) is 0.182. The largest absolute Gasteiger partial charge is 0.318 e. The number of amides is 1. The highest BCUT2D eigenvalue weighted by atomic mass is 32.1. The molecule has 7 heteroatoms. The Bertz CT molecular complexity index is 622. The van der Waals surface area contributed by atoms with E-state index in [0.717, 1.165) is 10.4 Å². The molecule has 0 saturated carbocycles. The number of nitriles is 1. The van der Waals surface area contributed by atoms with Crippen molar-refractivity contribution in [1.82, 2.24) is 15.0 Å². The van der Waals surface area contributed by atoms with Crippen LogP contribution in [-0.4, -0.2) is 15.5 Å². The van der Waals surface area contributed by atoms with Gasteiger partial charge in [-0.2, -0.15) is 5.26 Å². The van der Waals surface area contributed by atoms with Crippen molar-refractivity contribution in [2.45, 2.75) is 13.5 Å². The number of nitrogens with two attached hydrogens (primary N) is 1. The van der Waals surface area contributed by atoms with Crippen LogP contribution >= 0.6 is 11.3 Å². The van der Waals surface area contributed by atoms with Gasteiger partial charge in [-0.15, -0.1) is 11.3 Å². The summed E-state index contributed by atoms with van der Waals surface area (Å²) in [7, 11) is 0. The molecule has 2 rings (SSSR count). The van der Waals surface area contributed by atoms with Gasteiger partial charge >= 0.3 is 0 Å². The Labute approximate surface area is 108 Å². The zero-order valence-corrected chi connectivity index (χ0v) is 10.5. The van der Waals surface area contributed by atoms with Crippen LogP contribution in [0, 0.1) is 18.3 Å². The van der Waals surface area contributed by atoms with Crippen molar-refractivity contribution in [2.75, 3.05) is 0 Å². The SMILES string of the molecule is Cc1sc(C(=O)NN)cc1Cn1ccnc1C#N. The van der Waals surface area contributed by atoms with Crippen molar-refractivity contribution in [3.63, 3.8) is 0 Å². The molecule has 0 atom stereocenters. The normalized spacial score (nSPS) is 10.1. The van der Waals surface area contributed by atoms with Crippen LogP contribution in [0.15, 0.2) is 18.5 Å². The molecule has 2 heterocycles. The molecule has 0 spiro atoms. The van der Waals surface area contributed by atoms with Crippen LogP contribution in [-0.2, 0) is 6.54 Å². The number of nitrogen functional groups attached to an aromatic ring is 1. The number of carbonyl (C=O) groups is 1. The van der Waals surface area contributed by atoms with Gasteiger partial charge in [0.05, 0.1) is 11.4 Å². The molecule has 0 bridgehead atoms. The van der Waals surface area contributed by atoms with Gasteiger partial charge in [-0.25, -0.2) is 10.8 Å². The second-order valence-corrected chi connectivity index (χ2v) is 4.91. The molecule has 0 unspecified atom stereocenters. The number of imidazole rings is 1. The Kier molecular flexibility index (Phi) is 3.41. The number of aromatic nitrogens is 2. The van der Waals surface area contributed by atoms with Gasteiger partial charge in [0, 0.05) is 17.3 Å². The third-order valence-corrected chi connectivity index (χ3v) is 3.62. The van der Waals surface area contributed by atoms with Gasteiger partial charge < -0.3 is 4.57 Å². The average molecular weight is 261 g/mol. The van der Waals surface area contributed by atoms with Crippen LogP contribution in [0.4, 0.5) is 0 Å². The molecule has 0 fully saturated rings. The van der Waals surface area contributed by atoms with Crippen LogP contribution in [0.2, 0.25) is 0 Å². The summed E-state index contributed by atoms with van der Waals surface area (Å²) in [6.45, 7) is 2.44. The number of thiophene rings is 1. The molecule has 0 radical (unpaired) electrons. The van der Waals surface area contributed by atoms with E-state index in [9.17, 15) is 4.79 Å². The van der Waals surface area contributed by atoms with E-state index in [1.807, 2.05) is 13.0 Å². The highest BCUT2D eigenvalue weighted by molar-refractivity contribution is 7.14. The number of carbonyl (C=O) groups excluding carboxylic acids is 1. The molecular formula is C11H11N5OS. The average Bonchev–Trinajstić information content (AvgIpc) is 2.96. The quantitative estimate of drug-likeness (QED) is 0.484. The number of rotatable bonds is 3.